The lowest BCUT2D eigenvalue weighted by molar-refractivity contribution is -0.113. The molecule has 0 spiro atoms. The van der Waals surface area contributed by atoms with E-state index in [1.165, 1.54) is 31.0 Å². The van der Waals surface area contributed by atoms with Crippen LogP contribution in [0.4, 0.5) is 16.0 Å². The van der Waals surface area contributed by atoms with Gasteiger partial charge in [0, 0.05) is 16.9 Å². The van der Waals surface area contributed by atoms with Gasteiger partial charge in [0.05, 0.1) is 22.2 Å². The number of benzene rings is 3. The molecule has 0 radical (unpaired) electrons. The highest BCUT2D eigenvalue weighted by molar-refractivity contribution is 9.10. The Kier molecular flexibility index (Phi) is 9.33. The topological polar surface area (TPSA) is 90.3 Å². The van der Waals surface area contributed by atoms with Crippen molar-refractivity contribution in [2.45, 2.75) is 45.5 Å². The summed E-state index contributed by atoms with van der Waals surface area (Å²) in [5.74, 6) is 1.31. The Hall–Kier alpha value is -3.54. The lowest BCUT2D eigenvalue weighted by Gasteiger charge is -2.29. The number of hydrogen-bond donors (Lipinski definition) is 2. The molecule has 0 saturated heterocycles. The Bertz CT molecular complexity index is 1720. The molecule has 5 rings (SSSR count). The highest BCUT2D eigenvalue weighted by Gasteiger charge is 2.35. The van der Waals surface area contributed by atoms with Crippen LogP contribution in [0.5, 0.6) is 11.5 Å². The summed E-state index contributed by atoms with van der Waals surface area (Å²) in [6.07, 6.45) is 0. The molecule has 1 unspecified atom stereocenters. The number of aromatic nitrogens is 3. The van der Waals surface area contributed by atoms with Gasteiger partial charge in [0.2, 0.25) is 11.1 Å². The monoisotopic (exact) mass is 685 g/mol. The van der Waals surface area contributed by atoms with Crippen LogP contribution in [0.1, 0.15) is 42.1 Å². The van der Waals surface area contributed by atoms with Gasteiger partial charge in [-0.3, -0.25) is 4.79 Å². The van der Waals surface area contributed by atoms with Gasteiger partial charge in [-0.05, 0) is 89.5 Å². The standard InChI is InChI=1S/C31H30BrClFN5O3S/c1-6-43-31-37-30-35-18(4)26(29(40)36-24-12-7-9-16(2)17(24)3)27(39(30)38-31)19-13-21(32)28(25(14-19)41-5)42-15-20-22(33)10-8-11-23(20)34/h7-14,27H,6,15H2,1-5H3,(H,36,40)(H,35,37,38). The van der Waals surface area contributed by atoms with Crippen LogP contribution in [0.25, 0.3) is 0 Å². The molecule has 0 saturated carbocycles. The second-order valence-corrected chi connectivity index (χ2v) is 12.4. The number of carbonyl (C=O) groups is 1. The zero-order valence-corrected chi connectivity index (χ0v) is 27.4. The van der Waals surface area contributed by atoms with Crippen LogP contribution in [0, 0.1) is 19.7 Å². The minimum atomic E-state index is -0.652. The third-order valence-corrected chi connectivity index (χ3v) is 8.86. The molecule has 1 aromatic heterocycles. The van der Waals surface area contributed by atoms with Crippen LogP contribution in [0.2, 0.25) is 5.02 Å². The molecule has 8 nitrogen and oxygen atoms in total. The Morgan fingerprint density at radius 1 is 1.21 bits per heavy atom. The predicted octanol–water partition coefficient (Wildman–Crippen LogP) is 8.08. The van der Waals surface area contributed by atoms with Crippen molar-refractivity contribution < 1.29 is 18.7 Å². The summed E-state index contributed by atoms with van der Waals surface area (Å²) >= 11 is 11.3. The molecule has 2 heterocycles. The average molecular weight is 687 g/mol. The van der Waals surface area contributed by atoms with Crippen LogP contribution in [-0.2, 0) is 11.4 Å². The summed E-state index contributed by atoms with van der Waals surface area (Å²) in [4.78, 5) is 18.7. The Morgan fingerprint density at radius 3 is 2.70 bits per heavy atom. The molecule has 1 aliphatic heterocycles. The van der Waals surface area contributed by atoms with Gasteiger partial charge in [0.25, 0.3) is 5.91 Å². The van der Waals surface area contributed by atoms with Crippen LogP contribution < -0.4 is 20.1 Å². The maximum atomic E-state index is 14.4. The van der Waals surface area contributed by atoms with E-state index in [1.807, 2.05) is 52.0 Å². The third-order valence-electron chi connectivity index (χ3n) is 7.19. The van der Waals surface area contributed by atoms with E-state index in [2.05, 4.69) is 31.5 Å². The van der Waals surface area contributed by atoms with Gasteiger partial charge in [-0.1, -0.05) is 48.5 Å². The smallest absolute Gasteiger partial charge is 0.255 e. The molecule has 224 valence electrons. The quantitative estimate of drug-likeness (QED) is 0.172. The molecule has 4 aromatic rings. The molecule has 2 N–H and O–H groups in total. The maximum Gasteiger partial charge on any atom is 0.255 e. The summed E-state index contributed by atoms with van der Waals surface area (Å²) in [5.41, 5.74) is 4.83. The lowest BCUT2D eigenvalue weighted by atomic mass is 9.94. The van der Waals surface area contributed by atoms with E-state index in [0.29, 0.717) is 43.9 Å². The first-order chi connectivity index (χ1) is 20.6. The number of anilines is 2. The highest BCUT2D eigenvalue weighted by Crippen LogP contribution is 2.44. The fourth-order valence-electron chi connectivity index (χ4n) is 4.85. The summed E-state index contributed by atoms with van der Waals surface area (Å²) in [6.45, 7) is 7.74. The second-order valence-electron chi connectivity index (χ2n) is 9.89. The summed E-state index contributed by atoms with van der Waals surface area (Å²) in [5, 5.41) is 12.0. The molecule has 3 aromatic carbocycles. The third kappa shape index (κ3) is 6.25. The number of amides is 1. The Morgan fingerprint density at radius 2 is 1.98 bits per heavy atom. The zero-order valence-electron chi connectivity index (χ0n) is 24.2. The number of ether oxygens (including phenoxy) is 2. The van der Waals surface area contributed by atoms with E-state index in [9.17, 15) is 9.18 Å². The maximum absolute atomic E-state index is 14.4. The summed E-state index contributed by atoms with van der Waals surface area (Å²) in [7, 11) is 1.52. The van der Waals surface area contributed by atoms with E-state index in [-0.39, 0.29) is 23.1 Å². The number of allylic oxidation sites excluding steroid dienone is 1. The number of aryl methyl sites for hydroxylation is 1. The molecule has 1 aliphatic rings. The Labute approximate surface area is 267 Å². The predicted molar refractivity (Wildman–Crippen MR) is 172 cm³/mol. The number of rotatable bonds is 9. The van der Waals surface area contributed by atoms with Gasteiger partial charge in [-0.25, -0.2) is 9.07 Å². The summed E-state index contributed by atoms with van der Waals surface area (Å²) < 4.78 is 28.4. The van der Waals surface area contributed by atoms with Gasteiger partial charge in [-0.2, -0.15) is 4.98 Å². The highest BCUT2D eigenvalue weighted by atomic mass is 79.9. The first-order valence-corrected chi connectivity index (χ1v) is 15.7. The first-order valence-electron chi connectivity index (χ1n) is 13.5. The van der Waals surface area contributed by atoms with Crippen molar-refractivity contribution in [2.75, 3.05) is 23.5 Å². The summed E-state index contributed by atoms with van der Waals surface area (Å²) in [6, 6.07) is 13.2. The minimum Gasteiger partial charge on any atom is -0.493 e. The van der Waals surface area contributed by atoms with Gasteiger partial charge in [0.15, 0.2) is 11.5 Å². The number of thioether (sulfide) groups is 1. The van der Waals surface area contributed by atoms with Gasteiger partial charge < -0.3 is 20.1 Å². The minimum absolute atomic E-state index is 0.111. The Balaban J connectivity index is 1.57. The van der Waals surface area contributed by atoms with Gasteiger partial charge in [-0.15, -0.1) is 5.10 Å². The van der Waals surface area contributed by atoms with Crippen LogP contribution in [0.3, 0.4) is 0 Å². The first kappa shape index (κ1) is 30.9. The molecular formula is C31H30BrClFN5O3S. The fraction of sp³-hybridized carbons (Fsp3) is 0.258. The van der Waals surface area contributed by atoms with Crippen LogP contribution in [0.15, 0.2) is 69.4 Å². The van der Waals surface area contributed by atoms with Crippen molar-refractivity contribution in [2.24, 2.45) is 0 Å². The molecule has 1 atom stereocenters. The van der Waals surface area contributed by atoms with Crippen LogP contribution >= 0.6 is 39.3 Å². The molecule has 0 aliphatic carbocycles. The molecule has 43 heavy (non-hydrogen) atoms. The van der Waals surface area contributed by atoms with E-state index in [4.69, 9.17) is 26.2 Å². The van der Waals surface area contributed by atoms with E-state index in [0.717, 1.165) is 22.6 Å². The number of hydrogen-bond acceptors (Lipinski definition) is 7. The molecule has 0 bridgehead atoms. The molecule has 1 amide bonds. The average Bonchev–Trinajstić information content (AvgIpc) is 3.36. The number of carbonyl (C=O) groups excluding carboxylic acids is 1. The van der Waals surface area contributed by atoms with Crippen molar-refractivity contribution in [1.29, 1.82) is 0 Å². The van der Waals surface area contributed by atoms with E-state index < -0.39 is 11.9 Å². The molecule has 12 heteroatoms. The van der Waals surface area contributed by atoms with E-state index >= 15 is 0 Å². The number of halogens is 3. The fourth-order valence-corrected chi connectivity index (χ4v) is 6.20. The van der Waals surface area contributed by atoms with Crippen molar-refractivity contribution in [3.8, 4) is 11.5 Å². The van der Waals surface area contributed by atoms with Crippen molar-refractivity contribution in [3.05, 3.63) is 97.4 Å². The number of nitrogens with one attached hydrogen (secondary N) is 2. The number of fused-ring (bicyclic) bond motifs is 1. The number of methoxy groups -OCH3 is 1. The molecule has 0 fully saturated rings. The SMILES string of the molecule is CCSc1nc2n(n1)C(c1cc(Br)c(OCc3c(F)cccc3Cl)c(OC)c1)C(C(=O)Nc1cccc(C)c1C)=C(C)N2. The molecular weight excluding hydrogens is 657 g/mol. The van der Waals surface area contributed by atoms with Gasteiger partial charge in [0.1, 0.15) is 18.5 Å². The van der Waals surface area contributed by atoms with Gasteiger partial charge >= 0.3 is 0 Å². The van der Waals surface area contributed by atoms with Crippen molar-refractivity contribution >= 4 is 56.8 Å². The van der Waals surface area contributed by atoms with Crippen molar-refractivity contribution in [1.82, 2.24) is 14.8 Å². The normalized spacial score (nSPS) is 14.3. The zero-order chi connectivity index (χ0) is 30.8. The number of nitrogens with zero attached hydrogens (tertiary/aromatic N) is 3. The largest absolute Gasteiger partial charge is 0.493 e. The van der Waals surface area contributed by atoms with Crippen molar-refractivity contribution in [3.63, 3.8) is 0 Å². The second kappa shape index (κ2) is 13.0. The lowest BCUT2D eigenvalue weighted by Crippen LogP contribution is -2.31. The van der Waals surface area contributed by atoms with Crippen LogP contribution in [-0.4, -0.2) is 33.5 Å². The van der Waals surface area contributed by atoms with E-state index in [1.54, 1.807) is 16.8 Å².